The summed E-state index contributed by atoms with van der Waals surface area (Å²) in [6.07, 6.45) is 0.853. The van der Waals surface area contributed by atoms with Crippen LogP contribution in [0.4, 0.5) is 8.78 Å². The number of nitrogens with zero attached hydrogens (tertiary/aromatic N) is 2. The number of ether oxygens (including phenoxy) is 3. The lowest BCUT2D eigenvalue weighted by molar-refractivity contribution is 0.0630. The number of halogens is 2. The minimum atomic E-state index is -1.00. The van der Waals surface area contributed by atoms with Crippen LogP contribution in [0.25, 0.3) is 0 Å². The van der Waals surface area contributed by atoms with E-state index in [9.17, 15) is 13.6 Å². The van der Waals surface area contributed by atoms with Crippen LogP contribution >= 0.6 is 0 Å². The van der Waals surface area contributed by atoms with Gasteiger partial charge in [-0.3, -0.25) is 9.69 Å². The Morgan fingerprint density at radius 1 is 0.966 bits per heavy atom. The number of carbonyl (C=O) groups excluding carboxylic acids is 1. The van der Waals surface area contributed by atoms with Crippen molar-refractivity contribution in [1.82, 2.24) is 9.80 Å². The molecule has 4 rings (SSSR count). The first-order chi connectivity index (χ1) is 14.1. The van der Waals surface area contributed by atoms with Gasteiger partial charge in [-0.2, -0.15) is 0 Å². The number of fused-ring (bicyclic) bond motifs is 1. The molecule has 0 spiro atoms. The lowest BCUT2D eigenvalue weighted by Crippen LogP contribution is -2.49. The number of carbonyl (C=O) groups is 1. The highest BCUT2D eigenvalue weighted by Gasteiger charge is 2.22. The van der Waals surface area contributed by atoms with Gasteiger partial charge in [0.15, 0.2) is 23.1 Å². The molecule has 0 aromatic heterocycles. The van der Waals surface area contributed by atoms with Crippen molar-refractivity contribution in [2.24, 2.45) is 0 Å². The number of piperazine rings is 1. The first-order valence-corrected chi connectivity index (χ1v) is 9.59. The molecule has 8 heteroatoms. The topological polar surface area (TPSA) is 51.2 Å². The van der Waals surface area contributed by atoms with E-state index in [-0.39, 0.29) is 18.3 Å². The van der Waals surface area contributed by atoms with E-state index in [0.717, 1.165) is 49.7 Å². The fourth-order valence-electron chi connectivity index (χ4n) is 3.43. The van der Waals surface area contributed by atoms with E-state index >= 15 is 0 Å². The summed E-state index contributed by atoms with van der Waals surface area (Å²) in [4.78, 5) is 16.4. The molecule has 1 saturated heterocycles. The van der Waals surface area contributed by atoms with Crippen molar-refractivity contribution in [3.05, 3.63) is 53.6 Å². The summed E-state index contributed by atoms with van der Waals surface area (Å²) < 4.78 is 42.8. The Labute approximate surface area is 167 Å². The SMILES string of the molecule is O=C(c1ccc(F)c(F)c1)N1CCN(CCCOc2ccc3c(c2)OCO3)CC1. The first kappa shape index (κ1) is 19.4. The minimum absolute atomic E-state index is 0.175. The van der Waals surface area contributed by atoms with E-state index in [1.165, 1.54) is 6.07 Å². The summed E-state index contributed by atoms with van der Waals surface area (Å²) in [5, 5.41) is 0. The fourth-order valence-corrected chi connectivity index (χ4v) is 3.43. The monoisotopic (exact) mass is 404 g/mol. The van der Waals surface area contributed by atoms with Crippen LogP contribution in [0.1, 0.15) is 16.8 Å². The van der Waals surface area contributed by atoms with Crippen molar-refractivity contribution in [2.45, 2.75) is 6.42 Å². The average Bonchev–Trinajstić information content (AvgIpc) is 3.21. The van der Waals surface area contributed by atoms with E-state index in [2.05, 4.69) is 4.90 Å². The molecule has 2 heterocycles. The predicted molar refractivity (Wildman–Crippen MR) is 101 cm³/mol. The molecule has 154 valence electrons. The molecule has 2 aromatic rings. The third-order valence-corrected chi connectivity index (χ3v) is 5.06. The summed E-state index contributed by atoms with van der Waals surface area (Å²) in [7, 11) is 0. The summed E-state index contributed by atoms with van der Waals surface area (Å²) in [6.45, 7) is 4.26. The van der Waals surface area contributed by atoms with Gasteiger partial charge < -0.3 is 19.1 Å². The maximum atomic E-state index is 13.4. The molecule has 0 saturated carbocycles. The van der Waals surface area contributed by atoms with Gasteiger partial charge in [-0.05, 0) is 36.8 Å². The standard InChI is InChI=1S/C21H22F2N2O4/c22-17-4-2-15(12-18(17)23)21(26)25-9-7-24(8-10-25)6-1-11-27-16-3-5-19-20(13-16)29-14-28-19/h2-5,12-13H,1,6-11,14H2. The second-order valence-electron chi connectivity index (χ2n) is 6.98. The van der Waals surface area contributed by atoms with Crippen LogP contribution in [0.2, 0.25) is 0 Å². The molecule has 1 fully saturated rings. The Morgan fingerprint density at radius 3 is 2.55 bits per heavy atom. The molecule has 0 aliphatic carbocycles. The minimum Gasteiger partial charge on any atom is -0.493 e. The van der Waals surface area contributed by atoms with E-state index < -0.39 is 11.6 Å². The molecule has 0 unspecified atom stereocenters. The van der Waals surface area contributed by atoms with Crippen LogP contribution in [0.5, 0.6) is 17.2 Å². The zero-order valence-electron chi connectivity index (χ0n) is 15.9. The van der Waals surface area contributed by atoms with Crippen molar-refractivity contribution in [3.63, 3.8) is 0 Å². The zero-order chi connectivity index (χ0) is 20.2. The maximum Gasteiger partial charge on any atom is 0.254 e. The maximum absolute atomic E-state index is 13.4. The Morgan fingerprint density at radius 2 is 1.76 bits per heavy atom. The van der Waals surface area contributed by atoms with Gasteiger partial charge in [0.25, 0.3) is 5.91 Å². The smallest absolute Gasteiger partial charge is 0.254 e. The lowest BCUT2D eigenvalue weighted by atomic mass is 10.1. The highest BCUT2D eigenvalue weighted by Crippen LogP contribution is 2.35. The van der Waals surface area contributed by atoms with Crippen molar-refractivity contribution in [2.75, 3.05) is 46.1 Å². The molecular formula is C21H22F2N2O4. The van der Waals surface area contributed by atoms with Crippen LogP contribution in [0.3, 0.4) is 0 Å². The zero-order valence-corrected chi connectivity index (χ0v) is 15.9. The molecule has 29 heavy (non-hydrogen) atoms. The quantitative estimate of drug-likeness (QED) is 0.693. The molecule has 1 amide bonds. The predicted octanol–water partition coefficient (Wildman–Crippen LogP) is 2.92. The van der Waals surface area contributed by atoms with Gasteiger partial charge >= 0.3 is 0 Å². The second kappa shape index (κ2) is 8.65. The molecule has 0 atom stereocenters. The number of hydrogen-bond donors (Lipinski definition) is 0. The molecule has 0 N–H and O–H groups in total. The number of benzene rings is 2. The largest absolute Gasteiger partial charge is 0.493 e. The van der Waals surface area contributed by atoms with Crippen molar-refractivity contribution in [1.29, 1.82) is 0 Å². The van der Waals surface area contributed by atoms with Crippen LogP contribution < -0.4 is 14.2 Å². The lowest BCUT2D eigenvalue weighted by Gasteiger charge is -2.34. The van der Waals surface area contributed by atoms with Crippen molar-refractivity contribution >= 4 is 5.91 Å². The van der Waals surface area contributed by atoms with Gasteiger partial charge in [-0.1, -0.05) is 0 Å². The highest BCUT2D eigenvalue weighted by atomic mass is 19.2. The number of hydrogen-bond acceptors (Lipinski definition) is 5. The summed E-state index contributed by atoms with van der Waals surface area (Å²) in [6, 6.07) is 8.78. The van der Waals surface area contributed by atoms with Crippen molar-refractivity contribution in [3.8, 4) is 17.2 Å². The van der Waals surface area contributed by atoms with Crippen LogP contribution in [0.15, 0.2) is 36.4 Å². The molecule has 6 nitrogen and oxygen atoms in total. The Bertz CT molecular complexity index is 885. The van der Waals surface area contributed by atoms with Gasteiger partial charge in [0, 0.05) is 44.4 Å². The first-order valence-electron chi connectivity index (χ1n) is 9.59. The highest BCUT2D eigenvalue weighted by molar-refractivity contribution is 5.94. The van der Waals surface area contributed by atoms with Crippen LogP contribution in [-0.2, 0) is 0 Å². The summed E-state index contributed by atoms with van der Waals surface area (Å²) in [5.41, 5.74) is 0.175. The normalized spacial score (nSPS) is 16.1. The van der Waals surface area contributed by atoms with Crippen LogP contribution in [-0.4, -0.2) is 61.8 Å². The van der Waals surface area contributed by atoms with Crippen molar-refractivity contribution < 1.29 is 27.8 Å². The fraction of sp³-hybridized carbons (Fsp3) is 0.381. The Hall–Kier alpha value is -2.87. The van der Waals surface area contributed by atoms with Gasteiger partial charge in [0.05, 0.1) is 6.61 Å². The molecule has 2 aliphatic rings. The van der Waals surface area contributed by atoms with E-state index in [0.29, 0.717) is 25.4 Å². The second-order valence-corrected chi connectivity index (χ2v) is 6.98. The Balaban J connectivity index is 1.18. The van der Waals surface area contributed by atoms with Gasteiger partial charge in [-0.25, -0.2) is 8.78 Å². The van der Waals surface area contributed by atoms with Crippen LogP contribution in [0, 0.1) is 11.6 Å². The van der Waals surface area contributed by atoms with Gasteiger partial charge in [-0.15, -0.1) is 0 Å². The summed E-state index contributed by atoms with van der Waals surface area (Å²) >= 11 is 0. The molecular weight excluding hydrogens is 382 g/mol. The van der Waals surface area contributed by atoms with Gasteiger partial charge in [0.2, 0.25) is 6.79 Å². The third-order valence-electron chi connectivity index (χ3n) is 5.06. The molecule has 2 aromatic carbocycles. The van der Waals surface area contributed by atoms with E-state index in [1.54, 1.807) is 4.90 Å². The van der Waals surface area contributed by atoms with E-state index in [4.69, 9.17) is 14.2 Å². The van der Waals surface area contributed by atoms with E-state index in [1.807, 2.05) is 18.2 Å². The molecule has 0 bridgehead atoms. The van der Waals surface area contributed by atoms with Gasteiger partial charge in [0.1, 0.15) is 5.75 Å². The Kier molecular flexibility index (Phi) is 5.80. The third kappa shape index (κ3) is 4.59. The number of amides is 1. The molecule has 2 aliphatic heterocycles. The molecule has 0 radical (unpaired) electrons. The summed E-state index contributed by atoms with van der Waals surface area (Å²) in [5.74, 6) is -0.0466. The number of rotatable bonds is 6. The average molecular weight is 404 g/mol.